The predicted molar refractivity (Wildman–Crippen MR) is 51.2 cm³/mol. The second-order valence-corrected chi connectivity index (χ2v) is 3.32. The van der Waals surface area contributed by atoms with Gasteiger partial charge in [0.2, 0.25) is 5.91 Å². The highest BCUT2D eigenvalue weighted by atomic mass is 19.4. The van der Waals surface area contributed by atoms with Gasteiger partial charge in [-0.2, -0.15) is 13.2 Å². The standard InChI is InChI=1S/C9H17F3N2O/c1-2-3-4-8(15)14(6-5-13)7-9(10,11)12/h2-7,13H2,1H3. The molecule has 0 spiro atoms. The lowest BCUT2D eigenvalue weighted by molar-refractivity contribution is -0.161. The van der Waals surface area contributed by atoms with E-state index in [1.807, 2.05) is 6.92 Å². The molecule has 0 atom stereocenters. The molecule has 0 aromatic heterocycles. The second-order valence-electron chi connectivity index (χ2n) is 3.32. The molecule has 2 N–H and O–H groups in total. The highest BCUT2D eigenvalue weighted by Crippen LogP contribution is 2.17. The van der Waals surface area contributed by atoms with Crippen molar-refractivity contribution in [3.63, 3.8) is 0 Å². The van der Waals surface area contributed by atoms with Gasteiger partial charge in [-0.25, -0.2) is 0 Å². The highest BCUT2D eigenvalue weighted by molar-refractivity contribution is 5.76. The molecule has 0 aliphatic carbocycles. The molecule has 0 aromatic rings. The third-order valence-corrected chi connectivity index (χ3v) is 1.87. The number of alkyl halides is 3. The van der Waals surface area contributed by atoms with Gasteiger partial charge >= 0.3 is 6.18 Å². The molecule has 1 amide bonds. The number of unbranched alkanes of at least 4 members (excludes halogenated alkanes) is 1. The number of hydrogen-bond acceptors (Lipinski definition) is 2. The van der Waals surface area contributed by atoms with Gasteiger partial charge in [0.05, 0.1) is 0 Å². The lowest BCUT2D eigenvalue weighted by atomic mass is 10.2. The molecule has 0 unspecified atom stereocenters. The molecular weight excluding hydrogens is 209 g/mol. The second kappa shape index (κ2) is 6.66. The molecule has 15 heavy (non-hydrogen) atoms. The Morgan fingerprint density at radius 1 is 1.40 bits per heavy atom. The van der Waals surface area contributed by atoms with E-state index in [9.17, 15) is 18.0 Å². The fourth-order valence-electron chi connectivity index (χ4n) is 1.15. The highest BCUT2D eigenvalue weighted by Gasteiger charge is 2.32. The molecule has 0 aliphatic rings. The van der Waals surface area contributed by atoms with Gasteiger partial charge in [0.25, 0.3) is 0 Å². The minimum absolute atomic E-state index is 0.0396. The SMILES string of the molecule is CCCCC(=O)N(CCN)CC(F)(F)F. The Balaban J connectivity index is 4.18. The number of carbonyl (C=O) groups excluding carboxylic acids is 1. The summed E-state index contributed by atoms with van der Waals surface area (Å²) in [4.78, 5) is 12.1. The van der Waals surface area contributed by atoms with Crippen molar-refractivity contribution in [1.29, 1.82) is 0 Å². The van der Waals surface area contributed by atoms with Crippen LogP contribution in [-0.2, 0) is 4.79 Å². The Morgan fingerprint density at radius 3 is 2.40 bits per heavy atom. The fourth-order valence-corrected chi connectivity index (χ4v) is 1.15. The number of nitrogens with two attached hydrogens (primary N) is 1. The Kier molecular flexibility index (Phi) is 6.31. The summed E-state index contributed by atoms with van der Waals surface area (Å²) in [7, 11) is 0. The molecule has 0 saturated heterocycles. The normalized spacial score (nSPS) is 11.5. The van der Waals surface area contributed by atoms with Crippen LogP contribution < -0.4 is 5.73 Å². The maximum absolute atomic E-state index is 12.1. The smallest absolute Gasteiger partial charge is 0.332 e. The van der Waals surface area contributed by atoms with Crippen LogP contribution in [0.2, 0.25) is 0 Å². The summed E-state index contributed by atoms with van der Waals surface area (Å²) in [6.07, 6.45) is -2.80. The third kappa shape index (κ3) is 7.18. The van der Waals surface area contributed by atoms with Crippen molar-refractivity contribution in [2.24, 2.45) is 5.73 Å². The van der Waals surface area contributed by atoms with Crippen LogP contribution >= 0.6 is 0 Å². The van der Waals surface area contributed by atoms with Gasteiger partial charge in [0.1, 0.15) is 6.54 Å². The summed E-state index contributed by atoms with van der Waals surface area (Å²) >= 11 is 0. The van der Waals surface area contributed by atoms with E-state index in [0.29, 0.717) is 6.42 Å². The molecule has 90 valence electrons. The summed E-state index contributed by atoms with van der Waals surface area (Å²) in [5.74, 6) is -0.473. The Morgan fingerprint density at radius 2 is 2.00 bits per heavy atom. The number of carbonyl (C=O) groups is 1. The van der Waals surface area contributed by atoms with E-state index < -0.39 is 18.6 Å². The molecule has 0 aromatic carbocycles. The van der Waals surface area contributed by atoms with Crippen molar-refractivity contribution in [3.8, 4) is 0 Å². The van der Waals surface area contributed by atoms with E-state index in [4.69, 9.17) is 5.73 Å². The number of hydrogen-bond donors (Lipinski definition) is 1. The summed E-state index contributed by atoms with van der Waals surface area (Å²) in [5.41, 5.74) is 5.15. The van der Waals surface area contributed by atoms with Crippen molar-refractivity contribution in [2.75, 3.05) is 19.6 Å². The average Bonchev–Trinajstić information content (AvgIpc) is 2.11. The molecule has 0 aliphatic heterocycles. The van der Waals surface area contributed by atoms with Gasteiger partial charge in [-0.05, 0) is 6.42 Å². The van der Waals surface area contributed by atoms with Crippen LogP contribution in [0, 0.1) is 0 Å². The largest absolute Gasteiger partial charge is 0.406 e. The first-order valence-corrected chi connectivity index (χ1v) is 4.95. The minimum atomic E-state index is -4.35. The zero-order valence-electron chi connectivity index (χ0n) is 8.81. The number of amides is 1. The van der Waals surface area contributed by atoms with E-state index in [-0.39, 0.29) is 19.5 Å². The van der Waals surface area contributed by atoms with Crippen molar-refractivity contribution in [1.82, 2.24) is 4.90 Å². The zero-order valence-corrected chi connectivity index (χ0v) is 8.81. The maximum atomic E-state index is 12.1. The number of nitrogens with zero attached hydrogens (tertiary/aromatic N) is 1. The van der Waals surface area contributed by atoms with E-state index in [0.717, 1.165) is 11.3 Å². The van der Waals surface area contributed by atoms with E-state index in [2.05, 4.69) is 0 Å². The molecule has 6 heteroatoms. The van der Waals surface area contributed by atoms with Crippen LogP contribution in [-0.4, -0.2) is 36.6 Å². The first kappa shape index (κ1) is 14.2. The van der Waals surface area contributed by atoms with E-state index >= 15 is 0 Å². The first-order chi connectivity index (χ1) is 6.90. The van der Waals surface area contributed by atoms with Crippen LogP contribution in [0.4, 0.5) is 13.2 Å². The molecule has 0 saturated carbocycles. The van der Waals surface area contributed by atoms with Gasteiger partial charge in [-0.3, -0.25) is 4.79 Å². The number of halogens is 3. The lowest BCUT2D eigenvalue weighted by Gasteiger charge is -2.23. The molecule has 0 heterocycles. The lowest BCUT2D eigenvalue weighted by Crippen LogP contribution is -2.41. The van der Waals surface area contributed by atoms with Crippen molar-refractivity contribution >= 4 is 5.91 Å². The van der Waals surface area contributed by atoms with Crippen LogP contribution in [0.15, 0.2) is 0 Å². The van der Waals surface area contributed by atoms with Crippen LogP contribution in [0.3, 0.4) is 0 Å². The quantitative estimate of drug-likeness (QED) is 0.746. The molecule has 0 rings (SSSR count). The van der Waals surface area contributed by atoms with Crippen LogP contribution in [0.1, 0.15) is 26.2 Å². The Labute approximate surface area is 87.4 Å². The summed E-state index contributed by atoms with van der Waals surface area (Å²) < 4.78 is 36.2. The van der Waals surface area contributed by atoms with Gasteiger partial charge in [0.15, 0.2) is 0 Å². The molecule has 0 bridgehead atoms. The Hall–Kier alpha value is -0.780. The maximum Gasteiger partial charge on any atom is 0.406 e. The molecular formula is C9H17F3N2O. The molecule has 3 nitrogen and oxygen atoms in total. The fraction of sp³-hybridized carbons (Fsp3) is 0.889. The predicted octanol–water partition coefficient (Wildman–Crippen LogP) is 1.53. The van der Waals surface area contributed by atoms with Crippen molar-refractivity contribution in [3.05, 3.63) is 0 Å². The van der Waals surface area contributed by atoms with Crippen LogP contribution in [0.25, 0.3) is 0 Å². The monoisotopic (exact) mass is 226 g/mol. The molecule has 0 radical (unpaired) electrons. The van der Waals surface area contributed by atoms with Crippen molar-refractivity contribution in [2.45, 2.75) is 32.4 Å². The van der Waals surface area contributed by atoms with Crippen LogP contribution in [0.5, 0.6) is 0 Å². The minimum Gasteiger partial charge on any atom is -0.332 e. The van der Waals surface area contributed by atoms with Crippen molar-refractivity contribution < 1.29 is 18.0 Å². The van der Waals surface area contributed by atoms with E-state index in [1.54, 1.807) is 0 Å². The van der Waals surface area contributed by atoms with Gasteiger partial charge < -0.3 is 10.6 Å². The Bertz CT molecular complexity index is 194. The topological polar surface area (TPSA) is 46.3 Å². The average molecular weight is 226 g/mol. The molecule has 0 fully saturated rings. The summed E-state index contributed by atoms with van der Waals surface area (Å²) in [5, 5.41) is 0. The number of rotatable bonds is 6. The third-order valence-electron chi connectivity index (χ3n) is 1.87. The summed E-state index contributed by atoms with van der Waals surface area (Å²) in [6.45, 7) is 0.688. The zero-order chi connectivity index (χ0) is 11.9. The summed E-state index contributed by atoms with van der Waals surface area (Å²) in [6, 6.07) is 0. The first-order valence-electron chi connectivity index (χ1n) is 4.95. The van der Waals surface area contributed by atoms with E-state index in [1.165, 1.54) is 0 Å². The van der Waals surface area contributed by atoms with Gasteiger partial charge in [0, 0.05) is 19.5 Å². The van der Waals surface area contributed by atoms with Gasteiger partial charge in [-0.15, -0.1) is 0 Å². The van der Waals surface area contributed by atoms with Gasteiger partial charge in [-0.1, -0.05) is 13.3 Å².